The lowest BCUT2D eigenvalue weighted by molar-refractivity contribution is 0.0871. The highest BCUT2D eigenvalue weighted by molar-refractivity contribution is 5.28. The smallest absolute Gasteiger partial charge is 0.0107 e. The van der Waals surface area contributed by atoms with Crippen molar-refractivity contribution in [3.05, 3.63) is 35.4 Å². The van der Waals surface area contributed by atoms with Crippen molar-refractivity contribution in [3.8, 4) is 0 Å². The first-order valence-corrected chi connectivity index (χ1v) is 8.93. The number of piperidine rings is 4. The van der Waals surface area contributed by atoms with Crippen LogP contribution in [-0.2, 0) is 6.42 Å². The number of hydrogen-bond donors (Lipinski definition) is 1. The van der Waals surface area contributed by atoms with Crippen molar-refractivity contribution in [1.82, 2.24) is 10.2 Å². The van der Waals surface area contributed by atoms with E-state index < -0.39 is 0 Å². The van der Waals surface area contributed by atoms with E-state index in [1.807, 2.05) is 0 Å². The Morgan fingerprint density at radius 2 is 1.81 bits per heavy atom. The van der Waals surface area contributed by atoms with Crippen LogP contribution in [0.2, 0.25) is 0 Å². The van der Waals surface area contributed by atoms with Gasteiger partial charge in [-0.2, -0.15) is 0 Å². The third kappa shape index (κ3) is 3.02. The molecule has 4 aliphatic rings. The van der Waals surface area contributed by atoms with E-state index in [1.54, 1.807) is 5.56 Å². The predicted molar refractivity (Wildman–Crippen MR) is 87.7 cm³/mol. The minimum absolute atomic E-state index is 0.710. The Kier molecular flexibility index (Phi) is 4.00. The summed E-state index contributed by atoms with van der Waals surface area (Å²) in [6, 6.07) is 10.3. The molecule has 1 N–H and O–H groups in total. The molecule has 0 aliphatic carbocycles. The second kappa shape index (κ2) is 6.10. The maximum Gasteiger partial charge on any atom is 0.0107 e. The zero-order valence-electron chi connectivity index (χ0n) is 13.1. The number of nitrogens with zero attached hydrogens (tertiary/aromatic N) is 1. The second-order valence-corrected chi connectivity index (χ2v) is 7.34. The molecule has 4 heterocycles. The van der Waals surface area contributed by atoms with Gasteiger partial charge in [-0.1, -0.05) is 30.7 Å². The highest BCUT2D eigenvalue weighted by Gasteiger charge is 2.34. The van der Waals surface area contributed by atoms with E-state index in [-0.39, 0.29) is 0 Å². The van der Waals surface area contributed by atoms with E-state index in [9.17, 15) is 0 Å². The first kappa shape index (κ1) is 13.8. The molecule has 21 heavy (non-hydrogen) atoms. The van der Waals surface area contributed by atoms with E-state index in [1.165, 1.54) is 70.3 Å². The van der Waals surface area contributed by atoms with Gasteiger partial charge >= 0.3 is 0 Å². The normalized spacial score (nSPS) is 35.8. The van der Waals surface area contributed by atoms with E-state index >= 15 is 0 Å². The van der Waals surface area contributed by atoms with Gasteiger partial charge in [0, 0.05) is 12.6 Å². The minimum Gasteiger partial charge on any atom is -0.314 e. The molecule has 1 aromatic rings. The van der Waals surface area contributed by atoms with Crippen molar-refractivity contribution in [2.75, 3.05) is 26.2 Å². The third-order valence-electron chi connectivity index (χ3n) is 5.96. The lowest BCUT2D eigenvalue weighted by atomic mass is 9.75. The molecule has 2 unspecified atom stereocenters. The molecule has 4 saturated heterocycles. The Bertz CT molecular complexity index is 453. The van der Waals surface area contributed by atoms with Gasteiger partial charge in [-0.3, -0.25) is 0 Å². The topological polar surface area (TPSA) is 15.3 Å². The Balaban J connectivity index is 1.41. The van der Waals surface area contributed by atoms with Crippen LogP contribution in [0.4, 0.5) is 0 Å². The number of nitrogens with one attached hydrogen (secondary N) is 1. The Labute approximate surface area is 128 Å². The van der Waals surface area contributed by atoms with Crippen LogP contribution in [0.5, 0.6) is 0 Å². The molecule has 0 saturated carbocycles. The Morgan fingerprint density at radius 3 is 2.43 bits per heavy atom. The SMILES string of the molecule is c1cc(C2CN3CCC2CC3)ccc1CC1CCCCN1. The summed E-state index contributed by atoms with van der Waals surface area (Å²) >= 11 is 0. The van der Waals surface area contributed by atoms with Gasteiger partial charge in [0.25, 0.3) is 0 Å². The predicted octanol–water partition coefficient (Wildman–Crippen LogP) is 3.18. The van der Waals surface area contributed by atoms with E-state index in [0.29, 0.717) is 6.04 Å². The van der Waals surface area contributed by atoms with Gasteiger partial charge in [0.15, 0.2) is 0 Å². The van der Waals surface area contributed by atoms with Crippen molar-refractivity contribution in [2.24, 2.45) is 5.92 Å². The summed E-state index contributed by atoms with van der Waals surface area (Å²) in [4.78, 5) is 2.66. The molecule has 0 spiro atoms. The average molecular weight is 284 g/mol. The summed E-state index contributed by atoms with van der Waals surface area (Å²) in [6.07, 6.45) is 8.14. The van der Waals surface area contributed by atoms with Crippen LogP contribution in [0.3, 0.4) is 0 Å². The molecule has 2 nitrogen and oxygen atoms in total. The van der Waals surface area contributed by atoms with Crippen LogP contribution < -0.4 is 5.32 Å². The molecule has 2 bridgehead atoms. The number of fused-ring (bicyclic) bond motifs is 3. The summed E-state index contributed by atoms with van der Waals surface area (Å²) in [5.74, 6) is 1.75. The largest absolute Gasteiger partial charge is 0.314 e. The maximum atomic E-state index is 3.66. The fourth-order valence-electron chi connectivity index (χ4n) is 4.63. The van der Waals surface area contributed by atoms with Crippen molar-refractivity contribution in [2.45, 2.75) is 50.5 Å². The summed E-state index contributed by atoms with van der Waals surface area (Å²) < 4.78 is 0. The van der Waals surface area contributed by atoms with E-state index in [0.717, 1.165) is 11.8 Å². The first-order valence-electron chi connectivity index (χ1n) is 8.93. The molecule has 114 valence electrons. The third-order valence-corrected chi connectivity index (χ3v) is 5.96. The first-order chi connectivity index (χ1) is 10.4. The van der Waals surface area contributed by atoms with Gasteiger partial charge in [0.05, 0.1) is 0 Å². The zero-order valence-corrected chi connectivity index (χ0v) is 13.1. The van der Waals surface area contributed by atoms with Crippen LogP contribution in [0.1, 0.15) is 49.1 Å². The molecule has 0 radical (unpaired) electrons. The minimum atomic E-state index is 0.710. The number of rotatable bonds is 3. The Hall–Kier alpha value is -0.860. The fraction of sp³-hybridized carbons (Fsp3) is 0.684. The van der Waals surface area contributed by atoms with Crippen molar-refractivity contribution >= 4 is 0 Å². The standard InChI is InChI=1S/C19H28N2/c1-2-10-20-18(3-1)13-15-4-6-16(7-5-15)19-14-21-11-8-17(19)9-12-21/h4-7,17-20H,1-3,8-14H2. The van der Waals surface area contributed by atoms with E-state index in [2.05, 4.69) is 34.5 Å². The van der Waals surface area contributed by atoms with E-state index in [4.69, 9.17) is 0 Å². The monoisotopic (exact) mass is 284 g/mol. The molecular formula is C19H28N2. The number of hydrogen-bond acceptors (Lipinski definition) is 2. The van der Waals surface area contributed by atoms with Gasteiger partial charge in [-0.25, -0.2) is 0 Å². The lowest BCUT2D eigenvalue weighted by Gasteiger charge is -2.45. The van der Waals surface area contributed by atoms with Crippen molar-refractivity contribution in [1.29, 1.82) is 0 Å². The summed E-state index contributed by atoms with van der Waals surface area (Å²) in [6.45, 7) is 5.19. The Morgan fingerprint density at radius 1 is 1.00 bits per heavy atom. The quantitative estimate of drug-likeness (QED) is 0.917. The molecule has 5 rings (SSSR count). The maximum absolute atomic E-state index is 3.66. The zero-order chi connectivity index (χ0) is 14.1. The summed E-state index contributed by atoms with van der Waals surface area (Å²) in [7, 11) is 0. The van der Waals surface area contributed by atoms with Crippen LogP contribution in [0.25, 0.3) is 0 Å². The van der Waals surface area contributed by atoms with Gasteiger partial charge < -0.3 is 10.2 Å². The van der Waals surface area contributed by atoms with Gasteiger partial charge in [0.1, 0.15) is 0 Å². The van der Waals surface area contributed by atoms with Crippen LogP contribution in [0.15, 0.2) is 24.3 Å². The average Bonchev–Trinajstić information content (AvgIpc) is 2.57. The fourth-order valence-corrected chi connectivity index (χ4v) is 4.63. The molecule has 4 fully saturated rings. The highest BCUT2D eigenvalue weighted by Crippen LogP contribution is 2.38. The van der Waals surface area contributed by atoms with Crippen LogP contribution in [0, 0.1) is 5.92 Å². The highest BCUT2D eigenvalue weighted by atomic mass is 15.1. The van der Waals surface area contributed by atoms with Gasteiger partial charge in [-0.15, -0.1) is 0 Å². The van der Waals surface area contributed by atoms with Crippen LogP contribution in [-0.4, -0.2) is 37.1 Å². The molecule has 2 heteroatoms. The van der Waals surface area contributed by atoms with Gasteiger partial charge in [-0.05, 0) is 74.7 Å². The number of benzene rings is 1. The second-order valence-electron chi connectivity index (χ2n) is 7.34. The molecular weight excluding hydrogens is 256 g/mol. The van der Waals surface area contributed by atoms with Crippen molar-refractivity contribution < 1.29 is 0 Å². The molecule has 4 aliphatic heterocycles. The molecule has 2 atom stereocenters. The molecule has 1 aromatic carbocycles. The molecule has 0 amide bonds. The van der Waals surface area contributed by atoms with Crippen LogP contribution >= 0.6 is 0 Å². The lowest BCUT2D eigenvalue weighted by Crippen LogP contribution is -2.46. The van der Waals surface area contributed by atoms with Crippen molar-refractivity contribution in [3.63, 3.8) is 0 Å². The van der Waals surface area contributed by atoms with Gasteiger partial charge in [0.2, 0.25) is 0 Å². The summed E-state index contributed by atoms with van der Waals surface area (Å²) in [5.41, 5.74) is 3.10. The summed E-state index contributed by atoms with van der Waals surface area (Å²) in [5, 5.41) is 3.66. The molecule has 0 aromatic heterocycles.